The number of halogens is 3. The summed E-state index contributed by atoms with van der Waals surface area (Å²) in [5.41, 5.74) is 0.534. The van der Waals surface area contributed by atoms with E-state index in [0.29, 0.717) is 6.42 Å². The highest BCUT2D eigenvalue weighted by Crippen LogP contribution is 2.29. The lowest BCUT2D eigenvalue weighted by atomic mass is 10.1. The van der Waals surface area contributed by atoms with Crippen molar-refractivity contribution in [1.29, 1.82) is 0 Å². The third-order valence-corrected chi connectivity index (χ3v) is 5.89. The van der Waals surface area contributed by atoms with Crippen LogP contribution in [0.25, 0.3) is 11.4 Å². The number of nitrogens with zero attached hydrogens (tertiary/aromatic N) is 3. The first-order valence-corrected chi connectivity index (χ1v) is 9.38. The number of rotatable bonds is 3. The summed E-state index contributed by atoms with van der Waals surface area (Å²) >= 11 is 0. The molecule has 1 aromatic carbocycles. The molecule has 1 aliphatic rings. The minimum absolute atomic E-state index is 0.0492. The van der Waals surface area contributed by atoms with Crippen LogP contribution in [0.1, 0.15) is 22.7 Å². The maximum atomic E-state index is 12.5. The quantitative estimate of drug-likeness (QED) is 0.797. The molecular formula is C15H14F3N3O4S. The van der Waals surface area contributed by atoms with Crippen LogP contribution in [0.15, 0.2) is 28.8 Å². The fraction of sp³-hybridized carbons (Fsp3) is 0.400. The van der Waals surface area contributed by atoms with E-state index >= 15 is 0 Å². The number of hydrogen-bond acceptors (Lipinski definition) is 6. The summed E-state index contributed by atoms with van der Waals surface area (Å²) in [4.78, 5) is 17.1. The fourth-order valence-corrected chi connectivity index (χ4v) is 4.44. The third kappa shape index (κ3) is 3.71. The summed E-state index contributed by atoms with van der Waals surface area (Å²) in [6, 6.07) is 5.25. The molecule has 7 nitrogen and oxygen atoms in total. The second-order valence-electron chi connectivity index (χ2n) is 5.97. The largest absolute Gasteiger partial charge is 0.471 e. The highest BCUT2D eigenvalue weighted by Gasteiger charge is 2.38. The number of alkyl halides is 3. The minimum Gasteiger partial charge on any atom is -0.338 e. The highest BCUT2D eigenvalue weighted by molar-refractivity contribution is 7.91. The van der Waals surface area contributed by atoms with E-state index in [1.807, 2.05) is 0 Å². The number of carbonyl (C=O) groups excluding carboxylic acids is 1. The smallest absolute Gasteiger partial charge is 0.338 e. The van der Waals surface area contributed by atoms with E-state index in [1.165, 1.54) is 36.2 Å². The Hall–Kier alpha value is -2.43. The Bertz CT molecular complexity index is 922. The maximum absolute atomic E-state index is 12.5. The van der Waals surface area contributed by atoms with Crippen LogP contribution in [0, 0.1) is 0 Å². The van der Waals surface area contributed by atoms with Gasteiger partial charge in [0.25, 0.3) is 5.91 Å². The lowest BCUT2D eigenvalue weighted by molar-refractivity contribution is -0.159. The van der Waals surface area contributed by atoms with Crippen LogP contribution in [-0.4, -0.2) is 54.0 Å². The molecule has 1 saturated heterocycles. The van der Waals surface area contributed by atoms with E-state index in [0.717, 1.165) is 0 Å². The average molecular weight is 389 g/mol. The molecule has 1 fully saturated rings. The van der Waals surface area contributed by atoms with Crippen molar-refractivity contribution in [3.63, 3.8) is 0 Å². The van der Waals surface area contributed by atoms with Crippen LogP contribution in [0.4, 0.5) is 13.2 Å². The number of hydrogen-bond donors (Lipinski definition) is 0. The molecule has 1 unspecified atom stereocenters. The zero-order valence-corrected chi connectivity index (χ0v) is 14.3. The summed E-state index contributed by atoms with van der Waals surface area (Å²) in [6.07, 6.45) is -4.35. The summed E-state index contributed by atoms with van der Waals surface area (Å²) in [5, 5.41) is 3.27. The van der Waals surface area contributed by atoms with Gasteiger partial charge in [-0.25, -0.2) is 8.42 Å². The van der Waals surface area contributed by atoms with Gasteiger partial charge in [0.2, 0.25) is 5.82 Å². The number of benzene rings is 1. The van der Waals surface area contributed by atoms with Crippen LogP contribution in [0.3, 0.4) is 0 Å². The second-order valence-corrected chi connectivity index (χ2v) is 8.20. The van der Waals surface area contributed by atoms with Crippen LogP contribution in [0.2, 0.25) is 0 Å². The van der Waals surface area contributed by atoms with Gasteiger partial charge >= 0.3 is 12.1 Å². The zero-order chi connectivity index (χ0) is 19.1. The van der Waals surface area contributed by atoms with Crippen molar-refractivity contribution in [2.24, 2.45) is 0 Å². The van der Waals surface area contributed by atoms with E-state index in [1.54, 1.807) is 0 Å². The van der Waals surface area contributed by atoms with Gasteiger partial charge in [-0.05, 0) is 18.6 Å². The van der Waals surface area contributed by atoms with Gasteiger partial charge in [-0.3, -0.25) is 4.79 Å². The van der Waals surface area contributed by atoms with Crippen molar-refractivity contribution in [2.75, 3.05) is 18.6 Å². The van der Waals surface area contributed by atoms with Gasteiger partial charge in [0, 0.05) is 24.2 Å². The summed E-state index contributed by atoms with van der Waals surface area (Å²) in [7, 11) is -1.60. The molecule has 2 aromatic rings. The van der Waals surface area contributed by atoms with Crippen molar-refractivity contribution in [3.8, 4) is 11.4 Å². The molecule has 26 heavy (non-hydrogen) atoms. The first-order chi connectivity index (χ1) is 12.1. The van der Waals surface area contributed by atoms with Crippen LogP contribution in [0.5, 0.6) is 0 Å². The Morgan fingerprint density at radius 1 is 1.27 bits per heavy atom. The van der Waals surface area contributed by atoms with E-state index in [4.69, 9.17) is 0 Å². The van der Waals surface area contributed by atoms with Crippen molar-refractivity contribution >= 4 is 15.7 Å². The summed E-state index contributed by atoms with van der Waals surface area (Å²) < 4.78 is 64.7. The van der Waals surface area contributed by atoms with Crippen LogP contribution >= 0.6 is 0 Å². The number of amides is 1. The highest BCUT2D eigenvalue weighted by atomic mass is 32.2. The van der Waals surface area contributed by atoms with E-state index in [-0.39, 0.29) is 34.4 Å². The molecule has 0 N–H and O–H groups in total. The zero-order valence-electron chi connectivity index (χ0n) is 13.5. The Kier molecular flexibility index (Phi) is 4.51. The van der Waals surface area contributed by atoms with E-state index < -0.39 is 27.9 Å². The molecule has 3 rings (SSSR count). The molecule has 1 aromatic heterocycles. The maximum Gasteiger partial charge on any atom is 0.471 e. The van der Waals surface area contributed by atoms with Gasteiger partial charge in [0.15, 0.2) is 9.84 Å². The van der Waals surface area contributed by atoms with Gasteiger partial charge in [-0.2, -0.15) is 18.2 Å². The van der Waals surface area contributed by atoms with Crippen LogP contribution in [-0.2, 0) is 16.0 Å². The van der Waals surface area contributed by atoms with Gasteiger partial charge in [0.1, 0.15) is 0 Å². The number of aromatic nitrogens is 2. The average Bonchev–Trinajstić information content (AvgIpc) is 3.20. The molecule has 1 atom stereocenters. The van der Waals surface area contributed by atoms with Crippen molar-refractivity contribution in [3.05, 3.63) is 35.7 Å². The molecule has 0 radical (unpaired) electrons. The molecule has 0 bridgehead atoms. The molecule has 140 valence electrons. The number of carbonyl (C=O) groups is 1. The summed E-state index contributed by atoms with van der Waals surface area (Å²) in [5.74, 6) is -2.09. The number of sulfone groups is 1. The first-order valence-electron chi connectivity index (χ1n) is 7.56. The topological polar surface area (TPSA) is 93.4 Å². The van der Waals surface area contributed by atoms with Crippen molar-refractivity contribution in [2.45, 2.75) is 18.6 Å². The van der Waals surface area contributed by atoms with E-state index in [2.05, 4.69) is 14.7 Å². The normalized spacial score (nSPS) is 19.5. The Labute approximate surface area is 146 Å². The fourth-order valence-electron chi connectivity index (χ4n) is 2.67. The van der Waals surface area contributed by atoms with Gasteiger partial charge in [-0.15, -0.1) is 0 Å². The third-order valence-electron chi connectivity index (χ3n) is 4.14. The standard InChI is InChI=1S/C15H14F3N3O4S/c1-21(11-6-7-26(23,24)8-11)13(22)10-4-2-9(3-5-10)12-19-14(25-20-12)15(16,17)18/h2-5,11H,6-8H2,1H3. The SMILES string of the molecule is CN(C(=O)c1ccc(-c2noc(C(F)(F)F)n2)cc1)C1CCS(=O)(=O)C1. The van der Waals surface area contributed by atoms with Gasteiger partial charge in [0.05, 0.1) is 11.5 Å². The van der Waals surface area contributed by atoms with Crippen LogP contribution < -0.4 is 0 Å². The van der Waals surface area contributed by atoms with Crippen molar-refractivity contribution in [1.82, 2.24) is 15.0 Å². The van der Waals surface area contributed by atoms with Crippen molar-refractivity contribution < 1.29 is 30.9 Å². The predicted molar refractivity (Wildman–Crippen MR) is 83.9 cm³/mol. The molecule has 11 heteroatoms. The Balaban J connectivity index is 1.75. The van der Waals surface area contributed by atoms with Gasteiger partial charge in [-0.1, -0.05) is 17.3 Å². The molecule has 0 saturated carbocycles. The molecule has 1 amide bonds. The van der Waals surface area contributed by atoms with Gasteiger partial charge < -0.3 is 9.42 Å². The molecule has 1 aliphatic heterocycles. The summed E-state index contributed by atoms with van der Waals surface area (Å²) in [6.45, 7) is 0. The molecule has 2 heterocycles. The monoisotopic (exact) mass is 389 g/mol. The van der Waals surface area contributed by atoms with E-state index in [9.17, 15) is 26.4 Å². The minimum atomic E-state index is -4.73. The lowest BCUT2D eigenvalue weighted by Gasteiger charge is -2.23. The predicted octanol–water partition coefficient (Wildman–Crippen LogP) is 2.01. The molecular weight excluding hydrogens is 375 g/mol. The lowest BCUT2D eigenvalue weighted by Crippen LogP contribution is -2.37. The molecule has 0 spiro atoms. The Morgan fingerprint density at radius 2 is 1.92 bits per heavy atom. The Morgan fingerprint density at radius 3 is 2.42 bits per heavy atom. The molecule has 0 aliphatic carbocycles. The first kappa shape index (κ1) is 18.4. The second kappa shape index (κ2) is 6.38.